The standard InChI is InChI=1S/C24H34O3/c1-3-4-10-23(25)12-9-21-20-6-5-17-16-24(26-14-15-27-24)13-8-18(17)19(20)7-11-22(21,23)2/h3-4,7,20-21,25H,5-6,8-16H2,1-2H3/t20-,21+,22+,23+/m1/s1. The van der Waals surface area contributed by atoms with Crippen LogP contribution in [0.3, 0.4) is 0 Å². The third-order valence-electron chi connectivity index (χ3n) is 8.66. The molecule has 27 heavy (non-hydrogen) atoms. The van der Waals surface area contributed by atoms with Gasteiger partial charge in [-0.25, -0.2) is 0 Å². The molecular formula is C24H34O3. The minimum Gasteiger partial charge on any atom is -0.389 e. The Bertz CT molecular complexity index is 711. The molecule has 0 unspecified atom stereocenters. The Hall–Kier alpha value is -0.900. The molecule has 2 fully saturated rings. The zero-order valence-corrected chi connectivity index (χ0v) is 16.9. The smallest absolute Gasteiger partial charge is 0.172 e. The van der Waals surface area contributed by atoms with Crippen LogP contribution in [0.25, 0.3) is 0 Å². The summed E-state index contributed by atoms with van der Waals surface area (Å²) < 4.78 is 12.0. The number of hydrogen-bond acceptors (Lipinski definition) is 3. The normalized spacial score (nSPS) is 43.0. The Morgan fingerprint density at radius 2 is 2.00 bits per heavy atom. The van der Waals surface area contributed by atoms with Gasteiger partial charge in [0.2, 0.25) is 0 Å². The molecule has 148 valence electrons. The minimum absolute atomic E-state index is 0.0201. The van der Waals surface area contributed by atoms with Crippen molar-refractivity contribution in [2.45, 2.75) is 83.0 Å². The molecule has 0 amide bonds. The Morgan fingerprint density at radius 3 is 2.78 bits per heavy atom. The van der Waals surface area contributed by atoms with E-state index in [2.05, 4.69) is 32.1 Å². The van der Waals surface area contributed by atoms with Gasteiger partial charge in [0, 0.05) is 18.3 Å². The molecule has 5 aliphatic rings. The van der Waals surface area contributed by atoms with Crippen molar-refractivity contribution in [3.63, 3.8) is 0 Å². The second-order valence-corrected chi connectivity index (χ2v) is 9.74. The van der Waals surface area contributed by atoms with Crippen LogP contribution in [-0.4, -0.2) is 29.7 Å². The van der Waals surface area contributed by atoms with E-state index in [-0.39, 0.29) is 11.2 Å². The number of fused-ring (bicyclic) bond motifs is 4. The van der Waals surface area contributed by atoms with Crippen molar-refractivity contribution < 1.29 is 14.6 Å². The summed E-state index contributed by atoms with van der Waals surface area (Å²) in [5.41, 5.74) is 4.33. The highest BCUT2D eigenvalue weighted by molar-refractivity contribution is 5.45. The number of allylic oxidation sites excluding steroid dienone is 4. The molecule has 1 heterocycles. The number of ether oxygens (including phenoxy) is 2. The summed E-state index contributed by atoms with van der Waals surface area (Å²) in [7, 11) is 0. The number of rotatable bonds is 2. The Labute approximate surface area is 163 Å². The summed E-state index contributed by atoms with van der Waals surface area (Å²) in [5, 5.41) is 11.5. The molecule has 0 aromatic heterocycles. The average Bonchev–Trinajstić information content (AvgIpc) is 3.22. The van der Waals surface area contributed by atoms with Gasteiger partial charge in [-0.05, 0) is 74.9 Å². The van der Waals surface area contributed by atoms with Gasteiger partial charge in [0.1, 0.15) is 0 Å². The fourth-order valence-corrected chi connectivity index (χ4v) is 7.05. The van der Waals surface area contributed by atoms with Crippen LogP contribution >= 0.6 is 0 Å². The molecule has 0 radical (unpaired) electrons. The van der Waals surface area contributed by atoms with E-state index < -0.39 is 5.60 Å². The van der Waals surface area contributed by atoms with Gasteiger partial charge in [-0.1, -0.05) is 30.7 Å². The molecular weight excluding hydrogens is 336 g/mol. The Balaban J connectivity index is 1.45. The van der Waals surface area contributed by atoms with E-state index in [9.17, 15) is 5.11 Å². The zero-order valence-electron chi connectivity index (χ0n) is 16.9. The minimum atomic E-state index is -0.539. The monoisotopic (exact) mass is 370 g/mol. The van der Waals surface area contributed by atoms with Gasteiger partial charge in [-0.15, -0.1) is 0 Å². The SMILES string of the molecule is CC=CC[C@]1(O)CC[C@H]2[C@@H]3CCC4=C(CCC5(C4)OCCO5)C3=CC[C@@]21C. The van der Waals surface area contributed by atoms with Crippen molar-refractivity contribution in [2.24, 2.45) is 17.3 Å². The van der Waals surface area contributed by atoms with E-state index in [0.29, 0.717) is 11.8 Å². The lowest BCUT2D eigenvalue weighted by Gasteiger charge is -2.51. The molecule has 0 bridgehead atoms. The van der Waals surface area contributed by atoms with Crippen molar-refractivity contribution in [1.29, 1.82) is 0 Å². The molecule has 5 rings (SSSR count). The van der Waals surface area contributed by atoms with Gasteiger partial charge >= 0.3 is 0 Å². The van der Waals surface area contributed by atoms with Crippen LogP contribution in [0, 0.1) is 17.3 Å². The largest absolute Gasteiger partial charge is 0.389 e. The third kappa shape index (κ3) is 2.58. The summed E-state index contributed by atoms with van der Waals surface area (Å²) >= 11 is 0. The first-order chi connectivity index (χ1) is 13.0. The predicted octanol–water partition coefficient (Wildman–Crippen LogP) is 5.06. The van der Waals surface area contributed by atoms with Crippen LogP contribution < -0.4 is 0 Å². The lowest BCUT2D eigenvalue weighted by molar-refractivity contribution is -0.164. The summed E-state index contributed by atoms with van der Waals surface area (Å²) in [4.78, 5) is 0. The van der Waals surface area contributed by atoms with Crippen molar-refractivity contribution in [3.8, 4) is 0 Å². The van der Waals surface area contributed by atoms with Gasteiger partial charge in [-0.3, -0.25) is 0 Å². The van der Waals surface area contributed by atoms with Crippen LogP contribution in [0.5, 0.6) is 0 Å². The van der Waals surface area contributed by atoms with Crippen LogP contribution in [0.1, 0.15) is 71.6 Å². The van der Waals surface area contributed by atoms with Gasteiger partial charge in [0.15, 0.2) is 5.79 Å². The second kappa shape index (κ2) is 6.30. The predicted molar refractivity (Wildman–Crippen MR) is 106 cm³/mol. The second-order valence-electron chi connectivity index (χ2n) is 9.74. The fraction of sp³-hybridized carbons (Fsp3) is 0.750. The average molecular weight is 371 g/mol. The maximum atomic E-state index is 11.5. The molecule has 1 saturated carbocycles. The molecule has 1 aliphatic heterocycles. The quantitative estimate of drug-likeness (QED) is 0.690. The lowest BCUT2D eigenvalue weighted by atomic mass is 9.56. The first kappa shape index (κ1) is 18.1. The van der Waals surface area contributed by atoms with Gasteiger partial charge < -0.3 is 14.6 Å². The summed E-state index contributed by atoms with van der Waals surface area (Å²) in [5.74, 6) is 0.952. The van der Waals surface area contributed by atoms with Crippen molar-refractivity contribution >= 4 is 0 Å². The zero-order chi connectivity index (χ0) is 18.7. The van der Waals surface area contributed by atoms with E-state index in [4.69, 9.17) is 9.47 Å². The van der Waals surface area contributed by atoms with Crippen molar-refractivity contribution in [1.82, 2.24) is 0 Å². The van der Waals surface area contributed by atoms with Gasteiger partial charge in [0.05, 0.1) is 18.8 Å². The molecule has 3 heteroatoms. The fourth-order valence-electron chi connectivity index (χ4n) is 7.05. The molecule has 1 saturated heterocycles. The molecule has 4 aliphatic carbocycles. The Kier molecular flexibility index (Phi) is 4.24. The maximum Gasteiger partial charge on any atom is 0.172 e. The molecule has 4 atom stereocenters. The van der Waals surface area contributed by atoms with Crippen LogP contribution in [-0.2, 0) is 9.47 Å². The number of hydrogen-bond donors (Lipinski definition) is 1. The summed E-state index contributed by atoms with van der Waals surface area (Å²) in [6, 6.07) is 0. The first-order valence-corrected chi connectivity index (χ1v) is 11.0. The molecule has 0 aromatic carbocycles. The molecule has 0 aromatic rings. The highest BCUT2D eigenvalue weighted by atomic mass is 16.7. The van der Waals surface area contributed by atoms with Crippen molar-refractivity contribution in [3.05, 3.63) is 34.9 Å². The Morgan fingerprint density at radius 1 is 1.19 bits per heavy atom. The maximum absolute atomic E-state index is 11.5. The molecule has 1 N–H and O–H groups in total. The molecule has 3 nitrogen and oxygen atoms in total. The summed E-state index contributed by atoms with van der Waals surface area (Å²) in [6.07, 6.45) is 16.2. The third-order valence-corrected chi connectivity index (χ3v) is 8.66. The van der Waals surface area contributed by atoms with E-state index in [0.717, 1.165) is 51.7 Å². The lowest BCUT2D eigenvalue weighted by Crippen LogP contribution is -2.49. The van der Waals surface area contributed by atoms with E-state index in [1.165, 1.54) is 19.3 Å². The van der Waals surface area contributed by atoms with Crippen LogP contribution in [0.4, 0.5) is 0 Å². The highest BCUT2D eigenvalue weighted by Crippen LogP contribution is 2.63. The van der Waals surface area contributed by atoms with Crippen LogP contribution in [0.15, 0.2) is 34.9 Å². The first-order valence-electron chi connectivity index (χ1n) is 11.0. The van der Waals surface area contributed by atoms with E-state index in [1.54, 1.807) is 16.7 Å². The highest BCUT2D eigenvalue weighted by Gasteiger charge is 2.59. The van der Waals surface area contributed by atoms with Gasteiger partial charge in [0.25, 0.3) is 0 Å². The van der Waals surface area contributed by atoms with E-state index in [1.807, 2.05) is 0 Å². The summed E-state index contributed by atoms with van der Waals surface area (Å²) in [6.45, 7) is 5.92. The number of aliphatic hydroxyl groups is 1. The van der Waals surface area contributed by atoms with E-state index >= 15 is 0 Å². The topological polar surface area (TPSA) is 38.7 Å². The van der Waals surface area contributed by atoms with Gasteiger partial charge in [-0.2, -0.15) is 0 Å². The van der Waals surface area contributed by atoms with Crippen LogP contribution in [0.2, 0.25) is 0 Å². The van der Waals surface area contributed by atoms with Crippen molar-refractivity contribution in [2.75, 3.05) is 13.2 Å². The molecule has 1 spiro atoms.